The zero-order valence-corrected chi connectivity index (χ0v) is 10.8. The highest BCUT2D eigenvalue weighted by atomic mass is 15.2. The van der Waals surface area contributed by atoms with E-state index < -0.39 is 0 Å². The van der Waals surface area contributed by atoms with E-state index in [1.54, 1.807) is 0 Å². The van der Waals surface area contributed by atoms with Crippen LogP contribution in [0.3, 0.4) is 0 Å². The molecular formula is C13H28N2. The highest BCUT2D eigenvalue weighted by Crippen LogP contribution is 2.22. The van der Waals surface area contributed by atoms with Crippen molar-refractivity contribution < 1.29 is 0 Å². The van der Waals surface area contributed by atoms with Crippen LogP contribution in [0.1, 0.15) is 52.9 Å². The summed E-state index contributed by atoms with van der Waals surface area (Å²) in [5.74, 6) is 0. The van der Waals surface area contributed by atoms with Crippen LogP contribution in [0.4, 0.5) is 0 Å². The molecule has 0 spiro atoms. The van der Waals surface area contributed by atoms with Gasteiger partial charge in [0.2, 0.25) is 0 Å². The van der Waals surface area contributed by atoms with Crippen molar-refractivity contribution in [3.8, 4) is 0 Å². The van der Waals surface area contributed by atoms with Crippen LogP contribution in [0, 0.1) is 5.41 Å². The highest BCUT2D eigenvalue weighted by molar-refractivity contribution is 4.77. The lowest BCUT2D eigenvalue weighted by Gasteiger charge is -2.31. The maximum absolute atomic E-state index is 5.86. The topological polar surface area (TPSA) is 29.3 Å². The molecule has 2 N–H and O–H groups in total. The van der Waals surface area contributed by atoms with Crippen molar-refractivity contribution in [3.05, 3.63) is 0 Å². The summed E-state index contributed by atoms with van der Waals surface area (Å²) in [4.78, 5) is 2.62. The van der Waals surface area contributed by atoms with E-state index in [2.05, 4.69) is 25.7 Å². The summed E-state index contributed by atoms with van der Waals surface area (Å²) in [6.45, 7) is 10.3. The predicted molar refractivity (Wildman–Crippen MR) is 67.0 cm³/mol. The summed E-state index contributed by atoms with van der Waals surface area (Å²) in [6.07, 6.45) is 6.71. The molecule has 0 aromatic rings. The molecule has 1 aliphatic heterocycles. The van der Waals surface area contributed by atoms with Gasteiger partial charge in [0.05, 0.1) is 0 Å². The van der Waals surface area contributed by atoms with Crippen molar-refractivity contribution in [2.24, 2.45) is 11.1 Å². The minimum Gasteiger partial charge on any atom is -0.329 e. The van der Waals surface area contributed by atoms with Gasteiger partial charge in [-0.05, 0) is 37.8 Å². The summed E-state index contributed by atoms with van der Waals surface area (Å²) in [6, 6.07) is 0.648. The molecule has 1 unspecified atom stereocenters. The smallest absolute Gasteiger partial charge is 0.0218 e. The van der Waals surface area contributed by atoms with Crippen molar-refractivity contribution in [2.75, 3.05) is 19.6 Å². The number of rotatable bonds is 3. The van der Waals surface area contributed by atoms with Crippen LogP contribution in [0.2, 0.25) is 0 Å². The van der Waals surface area contributed by atoms with Crippen LogP contribution in [0.15, 0.2) is 0 Å². The van der Waals surface area contributed by atoms with E-state index in [0.29, 0.717) is 11.5 Å². The standard InChI is InChI=1S/C13H28N2/c1-13(2,3)8-10-15-9-6-4-5-7-12(15)11-14/h12H,4-11,14H2,1-3H3. The Hall–Kier alpha value is -0.0800. The second-order valence-electron chi connectivity index (χ2n) is 6.09. The van der Waals surface area contributed by atoms with Crippen molar-refractivity contribution in [2.45, 2.75) is 58.9 Å². The Balaban J connectivity index is 2.41. The van der Waals surface area contributed by atoms with E-state index in [9.17, 15) is 0 Å². The molecule has 0 aromatic carbocycles. The van der Waals surface area contributed by atoms with E-state index in [-0.39, 0.29) is 0 Å². The lowest BCUT2D eigenvalue weighted by Crippen LogP contribution is -2.41. The van der Waals surface area contributed by atoms with E-state index in [4.69, 9.17) is 5.73 Å². The first-order chi connectivity index (χ1) is 7.03. The van der Waals surface area contributed by atoms with Gasteiger partial charge in [0.1, 0.15) is 0 Å². The number of nitrogens with two attached hydrogens (primary N) is 1. The maximum atomic E-state index is 5.86. The minimum absolute atomic E-state index is 0.450. The van der Waals surface area contributed by atoms with Crippen LogP contribution in [-0.2, 0) is 0 Å². The average Bonchev–Trinajstić information content (AvgIpc) is 2.37. The fourth-order valence-electron chi connectivity index (χ4n) is 2.28. The van der Waals surface area contributed by atoms with E-state index in [1.807, 2.05) is 0 Å². The molecule has 0 aromatic heterocycles. The van der Waals surface area contributed by atoms with E-state index in [1.165, 1.54) is 45.2 Å². The van der Waals surface area contributed by atoms with Crippen LogP contribution >= 0.6 is 0 Å². The monoisotopic (exact) mass is 212 g/mol. The molecule has 0 saturated carbocycles. The summed E-state index contributed by atoms with van der Waals surface area (Å²) in [7, 11) is 0. The third kappa shape index (κ3) is 4.98. The zero-order valence-electron chi connectivity index (χ0n) is 10.8. The summed E-state index contributed by atoms with van der Waals surface area (Å²) >= 11 is 0. The van der Waals surface area contributed by atoms with Gasteiger partial charge in [0.15, 0.2) is 0 Å². The van der Waals surface area contributed by atoms with Crippen LogP contribution < -0.4 is 5.73 Å². The van der Waals surface area contributed by atoms with Crippen LogP contribution in [-0.4, -0.2) is 30.6 Å². The first kappa shape index (κ1) is 13.0. The molecule has 1 heterocycles. The lowest BCUT2D eigenvalue weighted by molar-refractivity contribution is 0.176. The van der Waals surface area contributed by atoms with Gasteiger partial charge < -0.3 is 5.73 Å². The SMILES string of the molecule is CC(C)(C)CCN1CCCCCC1CN. The molecule has 0 amide bonds. The van der Waals surface area contributed by atoms with Crippen molar-refractivity contribution in [1.82, 2.24) is 4.90 Å². The Bertz CT molecular complexity index is 172. The molecule has 1 rings (SSSR count). The Labute approximate surface area is 95.2 Å². The second kappa shape index (κ2) is 5.86. The largest absolute Gasteiger partial charge is 0.329 e. The summed E-state index contributed by atoms with van der Waals surface area (Å²) in [5, 5.41) is 0. The maximum Gasteiger partial charge on any atom is 0.0218 e. The Morgan fingerprint density at radius 2 is 1.93 bits per heavy atom. The summed E-state index contributed by atoms with van der Waals surface area (Å²) in [5.41, 5.74) is 6.31. The molecule has 1 fully saturated rings. The van der Waals surface area contributed by atoms with Gasteiger partial charge in [-0.2, -0.15) is 0 Å². The van der Waals surface area contributed by atoms with Crippen LogP contribution in [0.25, 0.3) is 0 Å². The van der Waals surface area contributed by atoms with E-state index in [0.717, 1.165) is 6.54 Å². The molecular weight excluding hydrogens is 184 g/mol. The fourth-order valence-corrected chi connectivity index (χ4v) is 2.28. The molecule has 1 saturated heterocycles. The molecule has 2 nitrogen and oxygen atoms in total. The molecule has 0 radical (unpaired) electrons. The van der Waals surface area contributed by atoms with Gasteiger partial charge in [-0.1, -0.05) is 33.6 Å². The van der Waals surface area contributed by atoms with Crippen molar-refractivity contribution >= 4 is 0 Å². The molecule has 1 atom stereocenters. The number of hydrogen-bond donors (Lipinski definition) is 1. The van der Waals surface area contributed by atoms with Gasteiger partial charge in [0.25, 0.3) is 0 Å². The number of hydrogen-bond acceptors (Lipinski definition) is 2. The van der Waals surface area contributed by atoms with Gasteiger partial charge in [-0.3, -0.25) is 4.90 Å². The average molecular weight is 212 g/mol. The molecule has 0 bridgehead atoms. The van der Waals surface area contributed by atoms with Gasteiger partial charge in [-0.25, -0.2) is 0 Å². The lowest BCUT2D eigenvalue weighted by atomic mass is 9.92. The van der Waals surface area contributed by atoms with Crippen LogP contribution in [0.5, 0.6) is 0 Å². The normalized spacial score (nSPS) is 25.2. The second-order valence-corrected chi connectivity index (χ2v) is 6.09. The van der Waals surface area contributed by atoms with Gasteiger partial charge >= 0.3 is 0 Å². The number of nitrogens with zero attached hydrogens (tertiary/aromatic N) is 1. The highest BCUT2D eigenvalue weighted by Gasteiger charge is 2.21. The van der Waals surface area contributed by atoms with Gasteiger partial charge in [0, 0.05) is 12.6 Å². The first-order valence-electron chi connectivity index (χ1n) is 6.47. The van der Waals surface area contributed by atoms with Gasteiger partial charge in [-0.15, -0.1) is 0 Å². The minimum atomic E-state index is 0.450. The molecule has 2 heteroatoms. The summed E-state index contributed by atoms with van der Waals surface area (Å²) < 4.78 is 0. The molecule has 1 aliphatic rings. The number of likely N-dealkylation sites (tertiary alicyclic amines) is 1. The Morgan fingerprint density at radius 1 is 1.20 bits per heavy atom. The third-order valence-corrected chi connectivity index (χ3v) is 3.42. The molecule has 15 heavy (non-hydrogen) atoms. The Morgan fingerprint density at radius 3 is 2.53 bits per heavy atom. The van der Waals surface area contributed by atoms with Crippen molar-refractivity contribution in [1.29, 1.82) is 0 Å². The first-order valence-corrected chi connectivity index (χ1v) is 6.47. The van der Waals surface area contributed by atoms with E-state index >= 15 is 0 Å². The third-order valence-electron chi connectivity index (χ3n) is 3.42. The zero-order chi connectivity index (χ0) is 11.3. The molecule has 0 aliphatic carbocycles. The fraction of sp³-hybridized carbons (Fsp3) is 1.00. The molecule has 90 valence electrons. The predicted octanol–water partition coefficient (Wildman–Crippen LogP) is 2.63. The Kier molecular flexibility index (Phi) is 5.07. The quantitative estimate of drug-likeness (QED) is 0.779. The van der Waals surface area contributed by atoms with Crippen molar-refractivity contribution in [3.63, 3.8) is 0 Å².